The van der Waals surface area contributed by atoms with Crippen molar-refractivity contribution in [2.24, 2.45) is 0 Å². The summed E-state index contributed by atoms with van der Waals surface area (Å²) in [5.41, 5.74) is 1.95. The molecule has 4 rings (SSSR count). The summed E-state index contributed by atoms with van der Waals surface area (Å²) in [6, 6.07) is 13.9. The smallest absolute Gasteiger partial charge is 0.267 e. The minimum atomic E-state index is -0.319. The molecule has 3 aromatic rings. The van der Waals surface area contributed by atoms with Gasteiger partial charge in [-0.1, -0.05) is 23.7 Å². The molecule has 2 aromatic carbocycles. The van der Waals surface area contributed by atoms with Gasteiger partial charge in [-0.2, -0.15) is 0 Å². The molecule has 2 heterocycles. The van der Waals surface area contributed by atoms with E-state index in [1.165, 1.54) is 17.7 Å². The maximum Gasteiger partial charge on any atom is 0.267 e. The SMILES string of the molecule is CCOc1ccc(Cn2nc(OC3COC3)c(-c3cc(Cl)ccc3C(C)=O)cc2=O)cc1. The van der Waals surface area contributed by atoms with Crippen molar-refractivity contribution in [3.05, 3.63) is 75.0 Å². The summed E-state index contributed by atoms with van der Waals surface area (Å²) in [6.07, 6.45) is -0.169. The number of nitrogens with zero attached hydrogens (tertiary/aromatic N) is 2. The van der Waals surface area contributed by atoms with Crippen molar-refractivity contribution in [2.75, 3.05) is 19.8 Å². The molecular formula is C24H23ClN2O5. The molecule has 0 atom stereocenters. The van der Waals surface area contributed by atoms with Gasteiger partial charge in [0.1, 0.15) is 11.9 Å². The van der Waals surface area contributed by atoms with E-state index in [9.17, 15) is 9.59 Å². The van der Waals surface area contributed by atoms with Crippen LogP contribution in [0.4, 0.5) is 0 Å². The molecule has 7 nitrogen and oxygen atoms in total. The third kappa shape index (κ3) is 4.84. The molecule has 0 N–H and O–H groups in total. The van der Waals surface area contributed by atoms with E-state index >= 15 is 0 Å². The van der Waals surface area contributed by atoms with Crippen LogP contribution >= 0.6 is 11.6 Å². The zero-order valence-electron chi connectivity index (χ0n) is 17.8. The summed E-state index contributed by atoms with van der Waals surface area (Å²) in [7, 11) is 0. The van der Waals surface area contributed by atoms with Gasteiger partial charge >= 0.3 is 0 Å². The van der Waals surface area contributed by atoms with Crippen LogP contribution in [0.15, 0.2) is 53.3 Å². The average Bonchev–Trinajstić information content (AvgIpc) is 2.73. The van der Waals surface area contributed by atoms with Crippen molar-refractivity contribution in [2.45, 2.75) is 26.5 Å². The first kappa shape index (κ1) is 22.0. The lowest BCUT2D eigenvalue weighted by Gasteiger charge is -2.27. The van der Waals surface area contributed by atoms with Gasteiger partial charge in [0.2, 0.25) is 5.88 Å². The monoisotopic (exact) mass is 454 g/mol. The molecule has 8 heteroatoms. The third-order valence-electron chi connectivity index (χ3n) is 5.07. The fourth-order valence-corrected chi connectivity index (χ4v) is 3.55. The summed E-state index contributed by atoms with van der Waals surface area (Å²) in [4.78, 5) is 25.2. The molecule has 1 saturated heterocycles. The van der Waals surface area contributed by atoms with Gasteiger partial charge in [0, 0.05) is 16.7 Å². The molecule has 0 radical (unpaired) electrons. The van der Waals surface area contributed by atoms with E-state index in [0.717, 1.165) is 11.3 Å². The van der Waals surface area contributed by atoms with Crippen LogP contribution in [-0.2, 0) is 11.3 Å². The predicted molar refractivity (Wildman–Crippen MR) is 121 cm³/mol. The number of carbonyl (C=O) groups excluding carboxylic acids is 1. The molecule has 166 valence electrons. The summed E-state index contributed by atoms with van der Waals surface area (Å²) in [5, 5.41) is 4.94. The number of benzene rings is 2. The van der Waals surface area contributed by atoms with Gasteiger partial charge in [0.15, 0.2) is 5.78 Å². The quantitative estimate of drug-likeness (QED) is 0.479. The summed E-state index contributed by atoms with van der Waals surface area (Å²) in [5.74, 6) is 0.875. The van der Waals surface area contributed by atoms with Crippen LogP contribution in [0.5, 0.6) is 11.6 Å². The molecule has 0 unspecified atom stereocenters. The van der Waals surface area contributed by atoms with Crippen LogP contribution in [0.2, 0.25) is 5.02 Å². The van der Waals surface area contributed by atoms with Gasteiger partial charge in [-0.25, -0.2) is 4.68 Å². The van der Waals surface area contributed by atoms with Gasteiger partial charge in [-0.15, -0.1) is 5.10 Å². The van der Waals surface area contributed by atoms with Crippen LogP contribution in [0.1, 0.15) is 29.8 Å². The Morgan fingerprint density at radius 1 is 1.16 bits per heavy atom. The van der Waals surface area contributed by atoms with Crippen LogP contribution in [0.3, 0.4) is 0 Å². The van der Waals surface area contributed by atoms with Crippen molar-refractivity contribution in [3.63, 3.8) is 0 Å². The first-order valence-electron chi connectivity index (χ1n) is 10.3. The molecule has 32 heavy (non-hydrogen) atoms. The van der Waals surface area contributed by atoms with Crippen LogP contribution in [-0.4, -0.2) is 41.5 Å². The molecule has 1 aliphatic rings. The number of hydrogen-bond donors (Lipinski definition) is 0. The zero-order chi connectivity index (χ0) is 22.7. The first-order chi connectivity index (χ1) is 15.4. The standard InChI is InChI=1S/C24H23ClN2O5/c1-3-31-18-7-4-16(5-8-18)12-27-23(29)11-22(24(26-27)32-19-13-30-14-19)21-10-17(25)6-9-20(21)15(2)28/h4-11,19H,3,12-14H2,1-2H3. The molecule has 1 aliphatic heterocycles. The summed E-state index contributed by atoms with van der Waals surface area (Å²) < 4.78 is 18.0. The Morgan fingerprint density at radius 2 is 1.91 bits per heavy atom. The lowest BCUT2D eigenvalue weighted by Crippen LogP contribution is -2.39. The second kappa shape index (κ2) is 9.54. The van der Waals surface area contributed by atoms with Crippen molar-refractivity contribution in [1.29, 1.82) is 0 Å². The number of halogens is 1. The third-order valence-corrected chi connectivity index (χ3v) is 5.30. The molecule has 0 bridgehead atoms. The van der Waals surface area contributed by atoms with E-state index in [-0.39, 0.29) is 29.9 Å². The second-order valence-corrected chi connectivity index (χ2v) is 7.90. The summed E-state index contributed by atoms with van der Waals surface area (Å²) >= 11 is 6.20. The molecule has 0 amide bonds. The number of rotatable bonds is 8. The van der Waals surface area contributed by atoms with Crippen molar-refractivity contribution in [3.8, 4) is 22.8 Å². The highest BCUT2D eigenvalue weighted by molar-refractivity contribution is 6.31. The van der Waals surface area contributed by atoms with Gasteiger partial charge < -0.3 is 14.2 Å². The number of hydrogen-bond acceptors (Lipinski definition) is 6. The Labute approximate surface area is 190 Å². The van der Waals surface area contributed by atoms with E-state index in [4.69, 9.17) is 25.8 Å². The highest BCUT2D eigenvalue weighted by Crippen LogP contribution is 2.33. The zero-order valence-corrected chi connectivity index (χ0v) is 18.6. The van der Waals surface area contributed by atoms with E-state index < -0.39 is 0 Å². The second-order valence-electron chi connectivity index (χ2n) is 7.46. The molecule has 1 aromatic heterocycles. The largest absolute Gasteiger partial charge is 0.494 e. The van der Waals surface area contributed by atoms with Gasteiger partial charge in [-0.3, -0.25) is 9.59 Å². The van der Waals surface area contributed by atoms with Crippen LogP contribution in [0, 0.1) is 0 Å². The number of aromatic nitrogens is 2. The number of ketones is 1. The van der Waals surface area contributed by atoms with E-state index in [1.807, 2.05) is 31.2 Å². The van der Waals surface area contributed by atoms with Gasteiger partial charge in [0.05, 0.1) is 31.9 Å². The predicted octanol–water partition coefficient (Wildman–Crippen LogP) is 3.99. The van der Waals surface area contributed by atoms with E-state index in [1.54, 1.807) is 18.2 Å². The number of Topliss-reactive ketones (excluding diaryl/α,β-unsaturated/α-hetero) is 1. The van der Waals surface area contributed by atoms with Gasteiger partial charge in [-0.05, 0) is 55.3 Å². The lowest BCUT2D eigenvalue weighted by atomic mass is 9.98. The maximum absolute atomic E-state index is 13.0. The Kier molecular flexibility index (Phi) is 6.58. The molecule has 1 fully saturated rings. The fraction of sp³-hybridized carbons (Fsp3) is 0.292. The van der Waals surface area contributed by atoms with Crippen molar-refractivity contribution < 1.29 is 19.0 Å². The minimum absolute atomic E-state index is 0.145. The Hall–Kier alpha value is -3.16. The molecule has 0 saturated carbocycles. The number of ether oxygens (including phenoxy) is 3. The average molecular weight is 455 g/mol. The minimum Gasteiger partial charge on any atom is -0.494 e. The Morgan fingerprint density at radius 3 is 2.53 bits per heavy atom. The highest BCUT2D eigenvalue weighted by Gasteiger charge is 2.25. The molecule has 0 spiro atoms. The normalized spacial score (nSPS) is 13.5. The number of carbonyl (C=O) groups is 1. The van der Waals surface area contributed by atoms with Crippen LogP contribution < -0.4 is 15.0 Å². The fourth-order valence-electron chi connectivity index (χ4n) is 3.38. The van der Waals surface area contributed by atoms with Crippen molar-refractivity contribution in [1.82, 2.24) is 9.78 Å². The highest BCUT2D eigenvalue weighted by atomic mass is 35.5. The molecule has 0 aliphatic carbocycles. The summed E-state index contributed by atoms with van der Waals surface area (Å²) in [6.45, 7) is 5.11. The first-order valence-corrected chi connectivity index (χ1v) is 10.7. The topological polar surface area (TPSA) is 79.7 Å². The Bertz CT molecular complexity index is 1190. The van der Waals surface area contributed by atoms with Gasteiger partial charge in [0.25, 0.3) is 5.56 Å². The molecular weight excluding hydrogens is 432 g/mol. The van der Waals surface area contributed by atoms with Crippen LogP contribution in [0.25, 0.3) is 11.1 Å². The maximum atomic E-state index is 13.0. The van der Waals surface area contributed by atoms with E-state index in [2.05, 4.69) is 5.10 Å². The van der Waals surface area contributed by atoms with Crippen molar-refractivity contribution >= 4 is 17.4 Å². The van der Waals surface area contributed by atoms with E-state index in [0.29, 0.717) is 41.5 Å². The lowest BCUT2D eigenvalue weighted by molar-refractivity contribution is -0.0816. The Balaban J connectivity index is 1.75.